The number of rotatable bonds is 6. The highest BCUT2D eigenvalue weighted by atomic mass is 32.2. The fraction of sp³-hybridized carbons (Fsp3) is 0.650. The Balaban J connectivity index is 1.46. The van der Waals surface area contributed by atoms with Crippen LogP contribution >= 0.6 is 0 Å². The lowest BCUT2D eigenvalue weighted by Gasteiger charge is -2.37. The molecule has 31 heavy (non-hydrogen) atoms. The number of nitrogens with one attached hydrogen (secondary N) is 1. The van der Waals surface area contributed by atoms with Crippen LogP contribution in [0.1, 0.15) is 43.2 Å². The molecule has 0 spiro atoms. The van der Waals surface area contributed by atoms with Gasteiger partial charge in [-0.2, -0.15) is 31.6 Å². The second-order valence-electron chi connectivity index (χ2n) is 8.38. The summed E-state index contributed by atoms with van der Waals surface area (Å²) in [5.74, 6) is 0.540. The minimum atomic E-state index is -4.48. The molecule has 1 aliphatic carbocycles. The topological polar surface area (TPSA) is 102 Å². The van der Waals surface area contributed by atoms with E-state index in [0.29, 0.717) is 24.7 Å². The molecule has 2 fully saturated rings. The van der Waals surface area contributed by atoms with Crippen molar-refractivity contribution in [3.8, 4) is 6.07 Å². The van der Waals surface area contributed by atoms with Gasteiger partial charge in [-0.25, -0.2) is 5.14 Å². The molecule has 1 heterocycles. The zero-order chi connectivity index (χ0) is 22.6. The van der Waals surface area contributed by atoms with E-state index < -0.39 is 21.9 Å². The van der Waals surface area contributed by atoms with Gasteiger partial charge < -0.3 is 4.90 Å². The van der Waals surface area contributed by atoms with Crippen LogP contribution in [0.5, 0.6) is 0 Å². The summed E-state index contributed by atoms with van der Waals surface area (Å²) in [5, 5.41) is 14.1. The first-order valence-electron chi connectivity index (χ1n) is 10.4. The van der Waals surface area contributed by atoms with Gasteiger partial charge in [-0.15, -0.1) is 0 Å². The van der Waals surface area contributed by atoms with Gasteiger partial charge in [-0.05, 0) is 62.8 Å². The van der Waals surface area contributed by atoms with E-state index in [1.165, 1.54) is 6.07 Å². The Kier molecular flexibility index (Phi) is 7.47. The van der Waals surface area contributed by atoms with Crippen LogP contribution in [0, 0.1) is 17.2 Å². The van der Waals surface area contributed by atoms with Crippen molar-refractivity contribution in [3.05, 3.63) is 29.3 Å². The Hall–Kier alpha value is -1.87. The molecule has 1 aromatic rings. The molecular weight excluding hydrogens is 431 g/mol. The van der Waals surface area contributed by atoms with E-state index in [1.807, 2.05) is 11.0 Å². The van der Waals surface area contributed by atoms with Crippen LogP contribution in [-0.4, -0.2) is 52.1 Å². The lowest BCUT2D eigenvalue weighted by atomic mass is 9.84. The van der Waals surface area contributed by atoms with Crippen LogP contribution in [0.2, 0.25) is 0 Å². The van der Waals surface area contributed by atoms with Crippen LogP contribution in [0.4, 0.5) is 18.9 Å². The quantitative estimate of drug-likeness (QED) is 0.680. The van der Waals surface area contributed by atoms with E-state index >= 15 is 0 Å². The Morgan fingerprint density at radius 2 is 1.74 bits per heavy atom. The average molecular weight is 460 g/mol. The van der Waals surface area contributed by atoms with Crippen LogP contribution < -0.4 is 14.8 Å². The molecule has 0 unspecified atom stereocenters. The number of hydrogen-bond donors (Lipinski definition) is 2. The smallest absolute Gasteiger partial charge is 0.369 e. The van der Waals surface area contributed by atoms with Crippen molar-refractivity contribution in [1.29, 1.82) is 5.26 Å². The van der Waals surface area contributed by atoms with Gasteiger partial charge >= 0.3 is 6.18 Å². The summed E-state index contributed by atoms with van der Waals surface area (Å²) in [6, 6.07) is 5.25. The summed E-state index contributed by atoms with van der Waals surface area (Å²) < 4.78 is 64.1. The minimum Gasteiger partial charge on any atom is -0.369 e. The maximum Gasteiger partial charge on any atom is 0.416 e. The molecule has 7 nitrogen and oxygen atoms in total. The Morgan fingerprint density at radius 3 is 2.29 bits per heavy atom. The fourth-order valence-electron chi connectivity index (χ4n) is 4.42. The van der Waals surface area contributed by atoms with Crippen molar-refractivity contribution in [3.63, 3.8) is 0 Å². The van der Waals surface area contributed by atoms with E-state index in [2.05, 4.69) is 9.62 Å². The zero-order valence-electron chi connectivity index (χ0n) is 17.2. The third-order valence-electron chi connectivity index (χ3n) is 6.14. The molecule has 3 rings (SSSR count). The van der Waals surface area contributed by atoms with E-state index in [-0.39, 0.29) is 11.6 Å². The highest BCUT2D eigenvalue weighted by molar-refractivity contribution is 7.87. The zero-order valence-corrected chi connectivity index (χ0v) is 18.1. The summed E-state index contributed by atoms with van der Waals surface area (Å²) >= 11 is 0. The van der Waals surface area contributed by atoms with Crippen molar-refractivity contribution in [1.82, 2.24) is 9.62 Å². The molecule has 0 bridgehead atoms. The normalized spacial score (nSPS) is 23.5. The fourth-order valence-corrected chi connectivity index (χ4v) is 5.12. The van der Waals surface area contributed by atoms with Crippen LogP contribution in [0.3, 0.4) is 0 Å². The van der Waals surface area contributed by atoms with Crippen LogP contribution in [0.25, 0.3) is 0 Å². The Labute approximate surface area is 181 Å². The van der Waals surface area contributed by atoms with Crippen molar-refractivity contribution < 1.29 is 21.6 Å². The highest BCUT2D eigenvalue weighted by Crippen LogP contribution is 2.33. The Bertz CT molecular complexity index is 900. The summed E-state index contributed by atoms with van der Waals surface area (Å²) in [6.45, 7) is 3.63. The number of halogens is 3. The molecule has 172 valence electrons. The number of nitriles is 1. The average Bonchev–Trinajstić information content (AvgIpc) is 2.71. The SMILES string of the molecule is N#Cc1cc(N2CCN(CCC3CCC(NS(N)(=O)=O)CC3)CC2)cc(C(F)(F)F)c1. The summed E-state index contributed by atoms with van der Waals surface area (Å²) in [6.07, 6.45) is 0.0104. The van der Waals surface area contributed by atoms with E-state index in [0.717, 1.165) is 63.9 Å². The predicted octanol–water partition coefficient (Wildman–Crippen LogP) is 2.44. The molecule has 0 atom stereocenters. The first-order valence-corrected chi connectivity index (χ1v) is 12.0. The molecule has 1 aromatic carbocycles. The molecule has 1 saturated heterocycles. The maximum atomic E-state index is 13.1. The van der Waals surface area contributed by atoms with Gasteiger partial charge in [-0.1, -0.05) is 0 Å². The molecular formula is C20H28F3N5O2S. The molecule has 0 radical (unpaired) electrons. The summed E-state index contributed by atoms with van der Waals surface area (Å²) in [5.41, 5.74) is -0.344. The third-order valence-corrected chi connectivity index (χ3v) is 6.80. The van der Waals surface area contributed by atoms with Crippen molar-refractivity contribution in [2.24, 2.45) is 11.1 Å². The highest BCUT2D eigenvalue weighted by Gasteiger charge is 2.32. The van der Waals surface area contributed by atoms with Crippen LogP contribution in [0.15, 0.2) is 18.2 Å². The second kappa shape index (κ2) is 9.73. The lowest BCUT2D eigenvalue weighted by Crippen LogP contribution is -2.47. The molecule has 1 saturated carbocycles. The van der Waals surface area contributed by atoms with Crippen molar-refractivity contribution in [2.75, 3.05) is 37.6 Å². The predicted molar refractivity (Wildman–Crippen MR) is 111 cm³/mol. The number of anilines is 1. The Morgan fingerprint density at radius 1 is 1.10 bits per heavy atom. The summed E-state index contributed by atoms with van der Waals surface area (Å²) in [7, 11) is -3.66. The first-order chi connectivity index (χ1) is 14.5. The van der Waals surface area contributed by atoms with Gasteiger partial charge in [0, 0.05) is 37.9 Å². The molecule has 2 aliphatic rings. The number of alkyl halides is 3. The van der Waals surface area contributed by atoms with Gasteiger partial charge in [0.2, 0.25) is 0 Å². The lowest BCUT2D eigenvalue weighted by molar-refractivity contribution is -0.137. The molecule has 1 aliphatic heterocycles. The first kappa shape index (κ1) is 23.8. The van der Waals surface area contributed by atoms with Gasteiger partial charge in [0.25, 0.3) is 10.2 Å². The maximum absolute atomic E-state index is 13.1. The van der Waals surface area contributed by atoms with Crippen LogP contribution in [-0.2, 0) is 16.4 Å². The van der Waals surface area contributed by atoms with E-state index in [9.17, 15) is 21.6 Å². The number of piperazine rings is 1. The number of nitrogens with two attached hydrogens (primary N) is 1. The van der Waals surface area contributed by atoms with Crippen molar-refractivity contribution >= 4 is 15.9 Å². The number of nitrogens with zero attached hydrogens (tertiary/aromatic N) is 3. The van der Waals surface area contributed by atoms with E-state index in [1.54, 1.807) is 0 Å². The molecule has 3 N–H and O–H groups in total. The molecule has 0 aromatic heterocycles. The van der Waals surface area contributed by atoms with E-state index in [4.69, 9.17) is 10.4 Å². The van der Waals surface area contributed by atoms with Gasteiger partial charge in [0.1, 0.15) is 0 Å². The summed E-state index contributed by atoms with van der Waals surface area (Å²) in [4.78, 5) is 4.21. The second-order valence-corrected chi connectivity index (χ2v) is 9.70. The third kappa shape index (κ3) is 7.07. The van der Waals surface area contributed by atoms with Gasteiger partial charge in [-0.3, -0.25) is 4.90 Å². The number of benzene rings is 1. The number of hydrogen-bond acceptors (Lipinski definition) is 5. The van der Waals surface area contributed by atoms with Gasteiger partial charge in [0.15, 0.2) is 0 Å². The largest absolute Gasteiger partial charge is 0.416 e. The monoisotopic (exact) mass is 459 g/mol. The minimum absolute atomic E-state index is 0.0137. The standard InChI is InChI=1S/C20H28F3N5O2S/c21-20(22,23)17-11-16(14-24)12-19(13-17)28-9-7-27(8-10-28)6-5-15-1-3-18(4-2-15)26-31(25,29)30/h11-13,15,18,26H,1-10H2,(H2,25,29,30). The van der Waals surface area contributed by atoms with Gasteiger partial charge in [0.05, 0.1) is 17.2 Å². The van der Waals surface area contributed by atoms with Crippen molar-refractivity contribution in [2.45, 2.75) is 44.3 Å². The molecule has 0 amide bonds. The molecule has 11 heteroatoms.